The molecule has 1 aliphatic rings. The number of aliphatic hydroxyl groups excluding tert-OH is 1. The number of rotatable bonds is 5. The number of nitrogens with zero attached hydrogens (tertiary/aromatic N) is 1. The van der Waals surface area contributed by atoms with Crippen LogP contribution >= 0.6 is 0 Å². The second kappa shape index (κ2) is 9.01. The van der Waals surface area contributed by atoms with Gasteiger partial charge >= 0.3 is 0 Å². The van der Waals surface area contributed by atoms with Crippen LogP contribution in [0.3, 0.4) is 0 Å². The molecule has 0 spiro atoms. The molecule has 1 fully saturated rings. The molecule has 1 heterocycles. The number of anilines is 1. The molecule has 0 aromatic heterocycles. The molecule has 0 radical (unpaired) electrons. The van der Waals surface area contributed by atoms with Gasteiger partial charge in [0.2, 0.25) is 10.0 Å². The van der Waals surface area contributed by atoms with E-state index in [1.165, 1.54) is 36.3 Å². The zero-order valence-electron chi connectivity index (χ0n) is 19.3. The first-order valence-electron chi connectivity index (χ1n) is 10.7. The molecule has 35 heavy (non-hydrogen) atoms. The van der Waals surface area contributed by atoms with Gasteiger partial charge in [0.1, 0.15) is 11.5 Å². The van der Waals surface area contributed by atoms with Crippen LogP contribution in [0.25, 0.3) is 5.76 Å². The van der Waals surface area contributed by atoms with Crippen LogP contribution in [0.5, 0.6) is 5.75 Å². The highest BCUT2D eigenvalue weighted by Crippen LogP contribution is 2.43. The molecule has 3 aromatic carbocycles. The fourth-order valence-corrected chi connectivity index (χ4v) is 4.58. The number of ether oxygens (including phenoxy) is 1. The van der Waals surface area contributed by atoms with E-state index in [-0.39, 0.29) is 21.9 Å². The first-order valence-corrected chi connectivity index (χ1v) is 12.2. The number of benzene rings is 3. The molecule has 1 amide bonds. The summed E-state index contributed by atoms with van der Waals surface area (Å²) in [6.45, 7) is 3.82. The van der Waals surface area contributed by atoms with E-state index in [1.807, 2.05) is 19.9 Å². The normalized spacial score (nSPS) is 17.6. The molecule has 9 heteroatoms. The van der Waals surface area contributed by atoms with Gasteiger partial charge in [-0.25, -0.2) is 13.6 Å². The molecule has 1 atom stereocenters. The highest BCUT2D eigenvalue weighted by Gasteiger charge is 2.47. The fraction of sp³-hybridized carbons (Fsp3) is 0.154. The SMILES string of the molecule is COc1cccc(C2/C(=C(\O)c3ccc(C)c(C)c3)C(=O)C(=O)N2c2ccc(S(N)(=O)=O)cc2)c1. The van der Waals surface area contributed by atoms with Crippen molar-refractivity contribution in [3.8, 4) is 5.75 Å². The number of primary sulfonamides is 1. The first kappa shape index (κ1) is 24.2. The number of carbonyl (C=O) groups is 2. The van der Waals surface area contributed by atoms with Gasteiger partial charge in [-0.2, -0.15) is 0 Å². The van der Waals surface area contributed by atoms with Crippen molar-refractivity contribution in [1.29, 1.82) is 0 Å². The van der Waals surface area contributed by atoms with Crippen molar-refractivity contribution in [3.05, 3.63) is 94.6 Å². The Morgan fingerprint density at radius 2 is 1.66 bits per heavy atom. The number of ketones is 1. The van der Waals surface area contributed by atoms with Gasteiger partial charge in [0.25, 0.3) is 11.7 Å². The van der Waals surface area contributed by atoms with E-state index in [4.69, 9.17) is 9.88 Å². The van der Waals surface area contributed by atoms with Crippen molar-refractivity contribution in [3.63, 3.8) is 0 Å². The lowest BCUT2D eigenvalue weighted by Crippen LogP contribution is -2.29. The maximum Gasteiger partial charge on any atom is 0.300 e. The second-order valence-corrected chi connectivity index (χ2v) is 9.85. The van der Waals surface area contributed by atoms with Crippen LogP contribution in [0.1, 0.15) is 28.3 Å². The Bertz CT molecular complexity index is 1480. The molecular weight excluding hydrogens is 468 g/mol. The molecule has 3 aromatic rings. The van der Waals surface area contributed by atoms with Crippen molar-refractivity contribution in [2.75, 3.05) is 12.0 Å². The van der Waals surface area contributed by atoms with Gasteiger partial charge in [0, 0.05) is 11.3 Å². The monoisotopic (exact) mass is 492 g/mol. The zero-order valence-corrected chi connectivity index (χ0v) is 20.2. The number of amides is 1. The number of sulfonamides is 1. The van der Waals surface area contributed by atoms with E-state index >= 15 is 0 Å². The van der Waals surface area contributed by atoms with Gasteiger partial charge < -0.3 is 9.84 Å². The summed E-state index contributed by atoms with van der Waals surface area (Å²) in [6, 6.07) is 16.4. The quantitative estimate of drug-likeness (QED) is 0.318. The number of aryl methyl sites for hydroxylation is 2. The molecule has 0 bridgehead atoms. The molecule has 4 rings (SSSR count). The molecule has 8 nitrogen and oxygen atoms in total. The average molecular weight is 493 g/mol. The highest BCUT2D eigenvalue weighted by molar-refractivity contribution is 7.89. The minimum atomic E-state index is -3.95. The molecule has 1 aliphatic heterocycles. The largest absolute Gasteiger partial charge is 0.507 e. The van der Waals surface area contributed by atoms with Gasteiger partial charge in [0.05, 0.1) is 23.6 Å². The summed E-state index contributed by atoms with van der Waals surface area (Å²) >= 11 is 0. The van der Waals surface area contributed by atoms with Crippen molar-refractivity contribution < 1.29 is 27.9 Å². The van der Waals surface area contributed by atoms with Crippen molar-refractivity contribution in [1.82, 2.24) is 0 Å². The van der Waals surface area contributed by atoms with Crippen molar-refractivity contribution in [2.45, 2.75) is 24.8 Å². The van der Waals surface area contributed by atoms with Gasteiger partial charge in [-0.15, -0.1) is 0 Å². The molecule has 1 unspecified atom stereocenters. The van der Waals surface area contributed by atoms with Gasteiger partial charge in [-0.3, -0.25) is 14.5 Å². The van der Waals surface area contributed by atoms with Crippen LogP contribution in [-0.4, -0.2) is 32.3 Å². The van der Waals surface area contributed by atoms with Crippen LogP contribution in [0, 0.1) is 13.8 Å². The third kappa shape index (κ3) is 4.43. The molecular formula is C26H24N2O6S. The Morgan fingerprint density at radius 3 is 2.26 bits per heavy atom. The molecule has 1 saturated heterocycles. The molecule has 0 saturated carbocycles. The van der Waals surface area contributed by atoms with Gasteiger partial charge in [-0.05, 0) is 73.0 Å². The number of nitrogens with two attached hydrogens (primary N) is 1. The van der Waals surface area contributed by atoms with Crippen LogP contribution < -0.4 is 14.8 Å². The maximum absolute atomic E-state index is 13.3. The predicted molar refractivity (Wildman–Crippen MR) is 132 cm³/mol. The van der Waals surface area contributed by atoms with Gasteiger partial charge in [0.15, 0.2) is 0 Å². The number of hydrogen-bond acceptors (Lipinski definition) is 6. The number of Topliss-reactive ketones (excluding diaryl/α,β-unsaturated/α-hetero) is 1. The van der Waals surface area contributed by atoms with E-state index in [9.17, 15) is 23.1 Å². The summed E-state index contributed by atoms with van der Waals surface area (Å²) in [5, 5.41) is 16.4. The summed E-state index contributed by atoms with van der Waals surface area (Å²) in [7, 11) is -2.45. The van der Waals surface area contributed by atoms with Crippen LogP contribution in [0.15, 0.2) is 77.2 Å². The smallest absolute Gasteiger partial charge is 0.300 e. The maximum atomic E-state index is 13.3. The number of methoxy groups -OCH3 is 1. The van der Waals surface area contributed by atoms with E-state index < -0.39 is 27.8 Å². The topological polar surface area (TPSA) is 127 Å². The highest BCUT2D eigenvalue weighted by atomic mass is 32.2. The molecule has 3 N–H and O–H groups in total. The second-order valence-electron chi connectivity index (χ2n) is 8.28. The summed E-state index contributed by atoms with van der Waals surface area (Å²) in [6.07, 6.45) is 0. The van der Waals surface area contributed by atoms with E-state index in [0.717, 1.165) is 11.1 Å². The minimum absolute atomic E-state index is 0.0815. The Hall–Kier alpha value is -3.95. The summed E-state index contributed by atoms with van der Waals surface area (Å²) in [4.78, 5) is 27.6. The number of hydrogen-bond donors (Lipinski definition) is 2. The third-order valence-corrected chi connectivity index (χ3v) is 7.01. The summed E-state index contributed by atoms with van der Waals surface area (Å²) in [5.41, 5.74) is 3.06. The van der Waals surface area contributed by atoms with Crippen LogP contribution in [0.4, 0.5) is 5.69 Å². The number of aliphatic hydroxyl groups is 1. The molecule has 0 aliphatic carbocycles. The summed E-state index contributed by atoms with van der Waals surface area (Å²) < 4.78 is 28.7. The Kier molecular flexibility index (Phi) is 6.23. The Labute approximate surface area is 203 Å². The standard InChI is InChI=1S/C26H24N2O6S/c1-15-7-8-18(13-16(15)2)24(29)22-23(17-5-4-6-20(14-17)34-3)28(26(31)25(22)30)19-9-11-21(12-10-19)35(27,32)33/h4-14,23,29H,1-3H3,(H2,27,32,33)/b24-22+. The zero-order chi connectivity index (χ0) is 25.5. The first-order chi connectivity index (χ1) is 16.5. The van der Waals surface area contributed by atoms with Gasteiger partial charge in [-0.1, -0.05) is 24.3 Å². The lowest BCUT2D eigenvalue weighted by Gasteiger charge is -2.26. The molecule has 180 valence electrons. The van der Waals surface area contributed by atoms with Crippen molar-refractivity contribution in [2.24, 2.45) is 5.14 Å². The minimum Gasteiger partial charge on any atom is -0.507 e. The average Bonchev–Trinajstić information content (AvgIpc) is 3.10. The van der Waals surface area contributed by atoms with E-state index in [2.05, 4.69) is 0 Å². The van der Waals surface area contributed by atoms with Crippen molar-refractivity contribution >= 4 is 33.2 Å². The van der Waals surface area contributed by atoms with E-state index in [0.29, 0.717) is 16.9 Å². The van der Waals surface area contributed by atoms with Crippen LogP contribution in [-0.2, 0) is 19.6 Å². The predicted octanol–water partition coefficient (Wildman–Crippen LogP) is 3.59. The number of carbonyl (C=O) groups excluding carboxylic acids is 2. The fourth-order valence-electron chi connectivity index (χ4n) is 4.07. The lowest BCUT2D eigenvalue weighted by molar-refractivity contribution is -0.132. The Balaban J connectivity index is 1.94. The Morgan fingerprint density at radius 1 is 0.971 bits per heavy atom. The summed E-state index contributed by atoms with van der Waals surface area (Å²) in [5.74, 6) is -1.51. The van der Waals surface area contributed by atoms with E-state index in [1.54, 1.807) is 36.4 Å². The lowest BCUT2D eigenvalue weighted by atomic mass is 9.94. The van der Waals surface area contributed by atoms with Crippen LogP contribution in [0.2, 0.25) is 0 Å². The third-order valence-electron chi connectivity index (χ3n) is 6.08.